The van der Waals surface area contributed by atoms with Gasteiger partial charge in [0.15, 0.2) is 0 Å². The summed E-state index contributed by atoms with van der Waals surface area (Å²) in [4.78, 5) is 0. The van der Waals surface area contributed by atoms with E-state index in [1.807, 2.05) is 0 Å². The van der Waals surface area contributed by atoms with Crippen molar-refractivity contribution in [2.45, 2.75) is 33.3 Å². The van der Waals surface area contributed by atoms with Crippen LogP contribution >= 0.6 is 0 Å². The van der Waals surface area contributed by atoms with Crippen LogP contribution in [0.5, 0.6) is 0 Å². The molecule has 1 saturated carbocycles. The highest BCUT2D eigenvalue weighted by Gasteiger charge is 2.54. The highest BCUT2D eigenvalue weighted by Crippen LogP contribution is 2.59. The average Bonchev–Trinajstić information content (AvgIpc) is 2.13. The third-order valence-corrected chi connectivity index (χ3v) is 4.10. The minimum Gasteiger partial charge on any atom is -0.359 e. The fourth-order valence-electron chi connectivity index (χ4n) is 3.09. The van der Waals surface area contributed by atoms with Gasteiger partial charge < -0.3 is 9.47 Å². The summed E-state index contributed by atoms with van der Waals surface area (Å²) < 4.78 is 10.7. The van der Waals surface area contributed by atoms with Crippen LogP contribution in [-0.2, 0) is 9.47 Å². The van der Waals surface area contributed by atoms with Gasteiger partial charge in [-0.1, -0.05) is 25.5 Å². The molecule has 0 saturated heterocycles. The molecule has 80 valence electrons. The first-order valence-electron chi connectivity index (χ1n) is 5.36. The lowest BCUT2D eigenvalue weighted by Crippen LogP contribution is -2.54. The molecule has 0 aromatic carbocycles. The Kier molecular flexibility index (Phi) is 2.44. The largest absolute Gasteiger partial charge is 0.359 e. The molecule has 2 heteroatoms. The highest BCUT2D eigenvalue weighted by atomic mass is 16.7. The van der Waals surface area contributed by atoms with Crippen LogP contribution in [0.25, 0.3) is 0 Å². The van der Waals surface area contributed by atoms with E-state index in [2.05, 4.69) is 26.8 Å². The van der Waals surface area contributed by atoms with Crippen molar-refractivity contribution < 1.29 is 9.47 Å². The number of allylic oxidation sites excluding steroid dienone is 1. The molecule has 0 N–H and O–H groups in total. The van der Waals surface area contributed by atoms with Gasteiger partial charge in [0.05, 0.1) is 6.10 Å². The first-order chi connectivity index (χ1) is 6.57. The molecule has 0 aromatic rings. The summed E-state index contributed by atoms with van der Waals surface area (Å²) in [5, 5.41) is 0. The summed E-state index contributed by atoms with van der Waals surface area (Å²) in [6, 6.07) is 0. The van der Waals surface area contributed by atoms with E-state index < -0.39 is 0 Å². The number of fused-ring (bicyclic) bond motifs is 1. The van der Waals surface area contributed by atoms with Gasteiger partial charge in [-0.05, 0) is 30.6 Å². The van der Waals surface area contributed by atoms with Crippen LogP contribution in [-0.4, -0.2) is 20.0 Å². The van der Waals surface area contributed by atoms with Crippen LogP contribution in [0.1, 0.15) is 27.2 Å². The summed E-state index contributed by atoms with van der Waals surface area (Å²) in [5.74, 6) is 1.47. The highest BCUT2D eigenvalue weighted by molar-refractivity contribution is 5.25. The Morgan fingerprint density at radius 2 is 2.21 bits per heavy atom. The fraction of sp³-hybridized carbons (Fsp3) is 0.833. The molecule has 0 spiro atoms. The van der Waals surface area contributed by atoms with Crippen LogP contribution in [0.3, 0.4) is 0 Å². The minimum absolute atomic E-state index is 0.273. The van der Waals surface area contributed by atoms with Gasteiger partial charge in [-0.25, -0.2) is 0 Å². The maximum atomic E-state index is 5.69. The molecule has 3 atom stereocenters. The van der Waals surface area contributed by atoms with Gasteiger partial charge in [-0.2, -0.15) is 0 Å². The third kappa shape index (κ3) is 1.32. The van der Waals surface area contributed by atoms with Crippen molar-refractivity contribution in [3.8, 4) is 0 Å². The van der Waals surface area contributed by atoms with Crippen molar-refractivity contribution in [1.82, 2.24) is 0 Å². The van der Waals surface area contributed by atoms with E-state index in [9.17, 15) is 0 Å². The summed E-state index contributed by atoms with van der Waals surface area (Å²) in [7, 11) is 1.67. The first kappa shape index (κ1) is 10.2. The van der Waals surface area contributed by atoms with Gasteiger partial charge >= 0.3 is 0 Å². The van der Waals surface area contributed by atoms with Crippen molar-refractivity contribution >= 4 is 0 Å². The van der Waals surface area contributed by atoms with Gasteiger partial charge in [-0.3, -0.25) is 0 Å². The molecule has 3 rings (SSSR count). The minimum atomic E-state index is 0.273. The summed E-state index contributed by atoms with van der Waals surface area (Å²) in [6.45, 7) is 7.34. The molecule has 0 radical (unpaired) electrons. The maximum Gasteiger partial charge on any atom is 0.147 e. The predicted octanol–water partition coefficient (Wildman–Crippen LogP) is 2.60. The Morgan fingerprint density at radius 1 is 1.50 bits per heavy atom. The molecule has 3 aliphatic rings. The second-order valence-corrected chi connectivity index (χ2v) is 5.16. The van der Waals surface area contributed by atoms with Gasteiger partial charge in [0, 0.05) is 7.11 Å². The second-order valence-electron chi connectivity index (χ2n) is 5.16. The summed E-state index contributed by atoms with van der Waals surface area (Å²) in [5.41, 5.74) is 1.93. The molecule has 1 fully saturated rings. The SMILES string of the molecule is COCOC1C=C(C)C2CC1C2(C)C. The molecule has 0 aromatic heterocycles. The first-order valence-corrected chi connectivity index (χ1v) is 5.36. The summed E-state index contributed by atoms with van der Waals surface area (Å²) in [6.07, 6.45) is 3.85. The third-order valence-electron chi connectivity index (χ3n) is 4.10. The van der Waals surface area contributed by atoms with E-state index >= 15 is 0 Å². The van der Waals surface area contributed by atoms with E-state index in [4.69, 9.17) is 9.47 Å². The zero-order valence-corrected chi connectivity index (χ0v) is 9.54. The fourth-order valence-corrected chi connectivity index (χ4v) is 3.09. The van der Waals surface area contributed by atoms with Gasteiger partial charge in [0.25, 0.3) is 0 Å². The van der Waals surface area contributed by atoms with Gasteiger partial charge in [0.1, 0.15) is 6.79 Å². The Bertz CT molecular complexity index is 255. The molecular formula is C12H20O2. The van der Waals surface area contributed by atoms with Crippen LogP contribution in [0.2, 0.25) is 0 Å². The summed E-state index contributed by atoms with van der Waals surface area (Å²) >= 11 is 0. The lowest BCUT2D eigenvalue weighted by Gasteiger charge is -2.58. The smallest absolute Gasteiger partial charge is 0.147 e. The van der Waals surface area contributed by atoms with E-state index in [1.54, 1.807) is 7.11 Å². The molecular weight excluding hydrogens is 176 g/mol. The lowest BCUT2D eigenvalue weighted by atomic mass is 9.48. The van der Waals surface area contributed by atoms with Gasteiger partial charge in [-0.15, -0.1) is 0 Å². The molecule has 3 unspecified atom stereocenters. The monoisotopic (exact) mass is 196 g/mol. The molecule has 3 aliphatic carbocycles. The van der Waals surface area contributed by atoms with Crippen molar-refractivity contribution in [1.29, 1.82) is 0 Å². The molecule has 14 heavy (non-hydrogen) atoms. The van der Waals surface area contributed by atoms with Crippen LogP contribution < -0.4 is 0 Å². The van der Waals surface area contributed by atoms with Crippen molar-refractivity contribution in [3.63, 3.8) is 0 Å². The second kappa shape index (κ2) is 3.35. The van der Waals surface area contributed by atoms with E-state index in [0.29, 0.717) is 18.1 Å². The van der Waals surface area contributed by atoms with Crippen molar-refractivity contribution in [2.75, 3.05) is 13.9 Å². The van der Waals surface area contributed by atoms with Crippen LogP contribution in [0.4, 0.5) is 0 Å². The molecule has 0 heterocycles. The standard InChI is InChI=1S/C12H20O2/c1-8-5-11(14-7-13-4)10-6-9(8)12(10,2)3/h5,9-11H,6-7H2,1-4H3. The lowest BCUT2D eigenvalue weighted by molar-refractivity contribution is -0.143. The molecule has 2 nitrogen and oxygen atoms in total. The van der Waals surface area contributed by atoms with E-state index in [0.717, 1.165) is 5.92 Å². The topological polar surface area (TPSA) is 18.5 Å². The van der Waals surface area contributed by atoms with Gasteiger partial charge in [0.2, 0.25) is 0 Å². The van der Waals surface area contributed by atoms with Crippen molar-refractivity contribution in [2.24, 2.45) is 17.3 Å². The van der Waals surface area contributed by atoms with Crippen LogP contribution in [0.15, 0.2) is 11.6 Å². The Hall–Kier alpha value is -0.340. The predicted molar refractivity (Wildman–Crippen MR) is 55.9 cm³/mol. The van der Waals surface area contributed by atoms with Crippen LogP contribution in [0, 0.1) is 17.3 Å². The average molecular weight is 196 g/mol. The van der Waals surface area contributed by atoms with Crippen molar-refractivity contribution in [3.05, 3.63) is 11.6 Å². The normalized spacial score (nSPS) is 38.9. The number of methoxy groups -OCH3 is 1. The molecule has 0 aliphatic heterocycles. The zero-order valence-electron chi connectivity index (χ0n) is 9.54. The Balaban J connectivity index is 2.09. The number of hydrogen-bond donors (Lipinski definition) is 0. The number of rotatable bonds is 3. The van der Waals surface area contributed by atoms with E-state index in [-0.39, 0.29) is 6.10 Å². The Morgan fingerprint density at radius 3 is 2.71 bits per heavy atom. The Labute approximate surface area is 86.3 Å². The zero-order chi connectivity index (χ0) is 10.3. The number of ether oxygens (including phenoxy) is 2. The molecule has 0 amide bonds. The van der Waals surface area contributed by atoms with E-state index in [1.165, 1.54) is 12.0 Å². The number of hydrogen-bond acceptors (Lipinski definition) is 2. The molecule has 2 bridgehead atoms. The quantitative estimate of drug-likeness (QED) is 0.510. The maximum absolute atomic E-state index is 5.69.